The first-order chi connectivity index (χ1) is 7.13. The second-order valence-electron chi connectivity index (χ2n) is 5.33. The van der Waals surface area contributed by atoms with Crippen LogP contribution in [-0.4, -0.2) is 45.2 Å². The van der Waals surface area contributed by atoms with Crippen LogP contribution in [-0.2, 0) is 10.0 Å². The van der Waals surface area contributed by atoms with Crippen molar-refractivity contribution < 1.29 is 8.42 Å². The molecule has 0 aromatic heterocycles. The van der Waals surface area contributed by atoms with Gasteiger partial charge in [0.1, 0.15) is 0 Å². The second-order valence-corrected chi connectivity index (χ2v) is 7.48. The Bertz CT molecular complexity index is 294. The zero-order chi connectivity index (χ0) is 13.0. The summed E-state index contributed by atoms with van der Waals surface area (Å²) in [6.45, 7) is 8.85. The molecule has 0 aromatic rings. The van der Waals surface area contributed by atoms with Gasteiger partial charge in [0.05, 0.1) is 5.75 Å². The number of hydrogen-bond acceptors (Lipinski definition) is 3. The van der Waals surface area contributed by atoms with Crippen LogP contribution in [0.4, 0.5) is 0 Å². The second kappa shape index (κ2) is 5.98. The summed E-state index contributed by atoms with van der Waals surface area (Å²) in [6.07, 6.45) is 0.653. The van der Waals surface area contributed by atoms with E-state index >= 15 is 0 Å². The SMILES string of the molecule is CNCCCS(=O)(=O)N(C)C(C)C(C)(C)C. The molecule has 1 N–H and O–H groups in total. The van der Waals surface area contributed by atoms with Gasteiger partial charge in [0.15, 0.2) is 0 Å². The van der Waals surface area contributed by atoms with Crippen LogP contribution in [0.1, 0.15) is 34.1 Å². The van der Waals surface area contributed by atoms with Crippen molar-refractivity contribution in [3.63, 3.8) is 0 Å². The summed E-state index contributed by atoms with van der Waals surface area (Å²) in [6, 6.07) is 0.00656. The minimum atomic E-state index is -3.12. The summed E-state index contributed by atoms with van der Waals surface area (Å²) in [5, 5.41) is 2.96. The Balaban J connectivity index is 4.52. The van der Waals surface area contributed by atoms with Crippen molar-refractivity contribution in [1.29, 1.82) is 0 Å². The molecule has 0 bridgehead atoms. The molecule has 5 heteroatoms. The Morgan fingerprint density at radius 2 is 1.81 bits per heavy atom. The highest BCUT2D eigenvalue weighted by atomic mass is 32.2. The number of sulfonamides is 1. The zero-order valence-electron chi connectivity index (χ0n) is 11.4. The molecule has 0 amide bonds. The third-order valence-electron chi connectivity index (χ3n) is 3.07. The smallest absolute Gasteiger partial charge is 0.214 e. The summed E-state index contributed by atoms with van der Waals surface area (Å²) < 4.78 is 25.5. The van der Waals surface area contributed by atoms with E-state index in [-0.39, 0.29) is 17.2 Å². The maximum absolute atomic E-state index is 12.0. The average Bonchev–Trinajstić information content (AvgIpc) is 2.14. The van der Waals surface area contributed by atoms with Gasteiger partial charge < -0.3 is 5.32 Å². The van der Waals surface area contributed by atoms with Crippen LogP contribution < -0.4 is 5.32 Å². The fourth-order valence-electron chi connectivity index (χ4n) is 1.36. The maximum atomic E-state index is 12.0. The summed E-state index contributed by atoms with van der Waals surface area (Å²) in [5.74, 6) is 0.213. The minimum Gasteiger partial charge on any atom is -0.320 e. The van der Waals surface area contributed by atoms with Gasteiger partial charge >= 0.3 is 0 Å². The highest BCUT2D eigenvalue weighted by Gasteiger charge is 2.30. The molecule has 0 fully saturated rings. The molecule has 0 heterocycles. The van der Waals surface area contributed by atoms with Crippen LogP contribution in [0.3, 0.4) is 0 Å². The molecule has 0 spiro atoms. The zero-order valence-corrected chi connectivity index (χ0v) is 12.2. The predicted octanol–water partition coefficient (Wildman–Crippen LogP) is 1.29. The number of nitrogens with one attached hydrogen (secondary N) is 1. The molecule has 0 aliphatic heterocycles. The van der Waals surface area contributed by atoms with E-state index in [1.54, 1.807) is 7.05 Å². The Morgan fingerprint density at radius 3 is 2.19 bits per heavy atom. The van der Waals surface area contributed by atoms with Crippen LogP contribution in [0.5, 0.6) is 0 Å². The molecule has 98 valence electrons. The van der Waals surface area contributed by atoms with Gasteiger partial charge in [0, 0.05) is 13.1 Å². The van der Waals surface area contributed by atoms with Crippen LogP contribution in [0, 0.1) is 5.41 Å². The summed E-state index contributed by atoms with van der Waals surface area (Å²) in [5.41, 5.74) is -0.0369. The molecular formula is C11H26N2O2S. The molecular weight excluding hydrogens is 224 g/mol. The van der Waals surface area contributed by atoms with Gasteiger partial charge in [-0.15, -0.1) is 0 Å². The number of nitrogens with zero attached hydrogens (tertiary/aromatic N) is 1. The first kappa shape index (κ1) is 15.9. The monoisotopic (exact) mass is 250 g/mol. The van der Waals surface area contributed by atoms with Crippen LogP contribution in [0.15, 0.2) is 0 Å². The molecule has 16 heavy (non-hydrogen) atoms. The van der Waals surface area contributed by atoms with Crippen molar-refractivity contribution in [1.82, 2.24) is 9.62 Å². The topological polar surface area (TPSA) is 49.4 Å². The fourth-order valence-corrected chi connectivity index (χ4v) is 2.96. The Hall–Kier alpha value is -0.130. The first-order valence-corrected chi connectivity index (χ1v) is 7.34. The van der Waals surface area contributed by atoms with Crippen LogP contribution in [0.2, 0.25) is 0 Å². The molecule has 0 saturated heterocycles. The molecule has 0 radical (unpaired) electrons. The van der Waals surface area contributed by atoms with E-state index in [0.29, 0.717) is 6.42 Å². The first-order valence-electron chi connectivity index (χ1n) is 5.73. The van der Waals surface area contributed by atoms with Gasteiger partial charge in [-0.05, 0) is 32.4 Å². The minimum absolute atomic E-state index is 0.00656. The van der Waals surface area contributed by atoms with Crippen molar-refractivity contribution >= 4 is 10.0 Å². The van der Waals surface area contributed by atoms with E-state index in [0.717, 1.165) is 6.54 Å². The molecule has 0 aliphatic rings. The third-order valence-corrected chi connectivity index (χ3v) is 5.06. The van der Waals surface area contributed by atoms with Crippen LogP contribution >= 0.6 is 0 Å². The lowest BCUT2D eigenvalue weighted by atomic mass is 9.88. The van der Waals surface area contributed by atoms with Gasteiger partial charge in [-0.2, -0.15) is 0 Å². The largest absolute Gasteiger partial charge is 0.320 e. The average molecular weight is 250 g/mol. The van der Waals surface area contributed by atoms with Crippen molar-refractivity contribution in [3.8, 4) is 0 Å². The molecule has 0 aliphatic carbocycles. The van der Waals surface area contributed by atoms with E-state index in [9.17, 15) is 8.42 Å². The van der Waals surface area contributed by atoms with Crippen molar-refractivity contribution in [2.24, 2.45) is 5.41 Å². The highest BCUT2D eigenvalue weighted by molar-refractivity contribution is 7.89. The van der Waals surface area contributed by atoms with E-state index < -0.39 is 10.0 Å². The lowest BCUT2D eigenvalue weighted by Gasteiger charge is -2.34. The van der Waals surface area contributed by atoms with E-state index in [1.807, 2.05) is 14.0 Å². The van der Waals surface area contributed by atoms with Gasteiger partial charge in [0.25, 0.3) is 0 Å². The van der Waals surface area contributed by atoms with Crippen LogP contribution in [0.25, 0.3) is 0 Å². The molecule has 4 nitrogen and oxygen atoms in total. The molecule has 1 atom stereocenters. The summed E-state index contributed by atoms with van der Waals surface area (Å²) in [7, 11) is 0.377. The Kier molecular flexibility index (Phi) is 5.93. The maximum Gasteiger partial charge on any atom is 0.214 e. The third kappa shape index (κ3) is 4.80. The molecule has 1 unspecified atom stereocenters. The molecule has 0 aromatic carbocycles. The van der Waals surface area contributed by atoms with Crippen molar-refractivity contribution in [2.75, 3.05) is 26.4 Å². The normalized spacial score (nSPS) is 15.4. The summed E-state index contributed by atoms with van der Waals surface area (Å²) in [4.78, 5) is 0. The lowest BCUT2D eigenvalue weighted by molar-refractivity contribution is 0.216. The number of hydrogen-bond donors (Lipinski definition) is 1. The fraction of sp³-hybridized carbons (Fsp3) is 1.00. The number of rotatable bonds is 6. The predicted molar refractivity (Wildman–Crippen MR) is 69.0 cm³/mol. The van der Waals surface area contributed by atoms with E-state index in [4.69, 9.17) is 0 Å². The van der Waals surface area contributed by atoms with Gasteiger partial charge in [0.2, 0.25) is 10.0 Å². The Labute approximate surface area is 100 Å². The van der Waals surface area contributed by atoms with Crippen molar-refractivity contribution in [3.05, 3.63) is 0 Å². The Morgan fingerprint density at radius 1 is 1.31 bits per heavy atom. The lowest BCUT2D eigenvalue weighted by Crippen LogP contribution is -2.44. The molecule has 0 saturated carbocycles. The highest BCUT2D eigenvalue weighted by Crippen LogP contribution is 2.25. The van der Waals surface area contributed by atoms with E-state index in [2.05, 4.69) is 26.1 Å². The van der Waals surface area contributed by atoms with Gasteiger partial charge in [-0.3, -0.25) is 0 Å². The summed E-state index contributed by atoms with van der Waals surface area (Å²) >= 11 is 0. The molecule has 0 rings (SSSR count). The quantitative estimate of drug-likeness (QED) is 0.723. The van der Waals surface area contributed by atoms with Gasteiger partial charge in [-0.1, -0.05) is 20.8 Å². The van der Waals surface area contributed by atoms with E-state index in [1.165, 1.54) is 4.31 Å². The standard InChI is InChI=1S/C11H26N2O2S/c1-10(11(2,3)4)13(6)16(14,15)9-7-8-12-5/h10,12H,7-9H2,1-6H3. The van der Waals surface area contributed by atoms with Gasteiger partial charge in [-0.25, -0.2) is 12.7 Å². The van der Waals surface area contributed by atoms with Crippen molar-refractivity contribution in [2.45, 2.75) is 40.2 Å².